The Kier molecular flexibility index (Phi) is 11.7. The summed E-state index contributed by atoms with van der Waals surface area (Å²) in [5.41, 5.74) is 2.66. The van der Waals surface area contributed by atoms with E-state index in [1.165, 1.54) is 63.0 Å². The van der Waals surface area contributed by atoms with Gasteiger partial charge < -0.3 is 19.3 Å². The monoisotopic (exact) mass is 490 g/mol. The molecule has 2 aliphatic rings. The molecule has 1 saturated carbocycles. The zero-order valence-corrected chi connectivity index (χ0v) is 21.8. The maximum absolute atomic E-state index is 11.6. The second kappa shape index (κ2) is 14.2. The van der Waals surface area contributed by atoms with E-state index in [1.54, 1.807) is 0 Å². The fraction of sp³-hybridized carbons (Fsp3) is 0.679. The number of rotatable bonds is 15. The first kappa shape index (κ1) is 28.8. The third-order valence-electron chi connectivity index (χ3n) is 6.78. The number of esters is 2. The van der Waals surface area contributed by atoms with Crippen LogP contribution in [0.2, 0.25) is 0 Å². The number of carboxylic acid groups (broad SMARTS) is 1. The van der Waals surface area contributed by atoms with E-state index in [0.29, 0.717) is 11.8 Å². The van der Waals surface area contributed by atoms with Gasteiger partial charge in [-0.3, -0.25) is 9.59 Å². The van der Waals surface area contributed by atoms with Gasteiger partial charge >= 0.3 is 17.9 Å². The fourth-order valence-electron chi connectivity index (χ4n) is 4.98. The highest BCUT2D eigenvalue weighted by atomic mass is 16.6. The van der Waals surface area contributed by atoms with E-state index in [-0.39, 0.29) is 24.4 Å². The van der Waals surface area contributed by atoms with Crippen molar-refractivity contribution < 1.29 is 33.7 Å². The fourth-order valence-corrected chi connectivity index (χ4v) is 4.98. The summed E-state index contributed by atoms with van der Waals surface area (Å²) in [7, 11) is 0. The molecule has 1 aliphatic carbocycles. The molecule has 196 valence electrons. The van der Waals surface area contributed by atoms with Crippen LogP contribution in [0.1, 0.15) is 98.3 Å². The van der Waals surface area contributed by atoms with Gasteiger partial charge in [0.15, 0.2) is 5.76 Å². The lowest BCUT2D eigenvalue weighted by Crippen LogP contribution is -2.17. The number of carboxylic acids is 1. The molecule has 1 saturated heterocycles. The minimum Gasteiger partial charge on any atom is -0.475 e. The van der Waals surface area contributed by atoms with Crippen molar-refractivity contribution in [2.45, 2.75) is 111 Å². The summed E-state index contributed by atoms with van der Waals surface area (Å²) < 4.78 is 15.7. The predicted octanol–water partition coefficient (Wildman–Crippen LogP) is 6.24. The standard InChI is InChI=1S/C28H42O7/c1-18(2)12-10-8-6-7-9-11-13-22-15-14-19(3)23(22)16-24-25(35-24)17-26(33-20(4)29)27(28(31)32)34-21(5)30/h12,22-25H,3,6-11,13-17H2,1-2,4-5H3,(H,31,32)/t22-,23-,24+,25?/m0/s1. The highest BCUT2D eigenvalue weighted by molar-refractivity contribution is 5.88. The Labute approximate surface area is 209 Å². The van der Waals surface area contributed by atoms with E-state index in [4.69, 9.17) is 14.2 Å². The summed E-state index contributed by atoms with van der Waals surface area (Å²) >= 11 is 0. The summed E-state index contributed by atoms with van der Waals surface area (Å²) in [5, 5.41) is 9.41. The van der Waals surface area contributed by atoms with Crippen molar-refractivity contribution in [3.05, 3.63) is 35.3 Å². The lowest BCUT2D eigenvalue weighted by atomic mass is 9.85. The number of hydrogen-bond acceptors (Lipinski definition) is 6. The van der Waals surface area contributed by atoms with Crippen molar-refractivity contribution in [3.8, 4) is 0 Å². The summed E-state index contributed by atoms with van der Waals surface area (Å²) in [6, 6.07) is 0. The number of hydrogen-bond donors (Lipinski definition) is 1. The van der Waals surface area contributed by atoms with E-state index < -0.39 is 23.7 Å². The lowest BCUT2D eigenvalue weighted by molar-refractivity contribution is -0.148. The molecule has 2 rings (SSSR count). The number of epoxide rings is 1. The van der Waals surface area contributed by atoms with Gasteiger partial charge in [0.2, 0.25) is 0 Å². The van der Waals surface area contributed by atoms with Crippen LogP contribution in [0.15, 0.2) is 35.3 Å². The number of unbranched alkanes of at least 4 members (excludes halogenated alkanes) is 5. The van der Waals surface area contributed by atoms with Gasteiger partial charge in [0.25, 0.3) is 5.76 Å². The van der Waals surface area contributed by atoms with Crippen LogP contribution in [0, 0.1) is 11.8 Å². The van der Waals surface area contributed by atoms with Crippen molar-refractivity contribution in [1.29, 1.82) is 0 Å². The Morgan fingerprint density at radius 1 is 1.00 bits per heavy atom. The smallest absolute Gasteiger partial charge is 0.375 e. The average molecular weight is 491 g/mol. The second-order valence-corrected chi connectivity index (χ2v) is 10.1. The first-order chi connectivity index (χ1) is 16.6. The molecule has 0 aromatic carbocycles. The molecule has 0 spiro atoms. The second-order valence-electron chi connectivity index (χ2n) is 10.1. The molecular formula is C28H42O7. The van der Waals surface area contributed by atoms with Gasteiger partial charge in [-0.15, -0.1) is 0 Å². The van der Waals surface area contributed by atoms with Gasteiger partial charge in [-0.05, 0) is 64.2 Å². The van der Waals surface area contributed by atoms with Crippen LogP contribution in [-0.2, 0) is 28.6 Å². The lowest BCUT2D eigenvalue weighted by Gasteiger charge is -2.20. The van der Waals surface area contributed by atoms with E-state index in [9.17, 15) is 19.5 Å². The Balaban J connectivity index is 1.83. The van der Waals surface area contributed by atoms with Crippen LogP contribution < -0.4 is 0 Å². The number of allylic oxidation sites excluding steroid dienone is 3. The first-order valence-corrected chi connectivity index (χ1v) is 12.9. The number of ether oxygens (including phenoxy) is 3. The molecule has 0 radical (unpaired) electrons. The van der Waals surface area contributed by atoms with Crippen molar-refractivity contribution in [3.63, 3.8) is 0 Å². The van der Waals surface area contributed by atoms with E-state index in [0.717, 1.165) is 26.2 Å². The van der Waals surface area contributed by atoms with E-state index in [1.807, 2.05) is 0 Å². The van der Waals surface area contributed by atoms with Crippen LogP contribution in [0.3, 0.4) is 0 Å². The van der Waals surface area contributed by atoms with E-state index >= 15 is 0 Å². The number of aliphatic carboxylic acids is 1. The largest absolute Gasteiger partial charge is 0.475 e. The molecule has 2 fully saturated rings. The summed E-state index contributed by atoms with van der Waals surface area (Å²) in [4.78, 5) is 34.4. The van der Waals surface area contributed by atoms with Crippen LogP contribution in [0.5, 0.6) is 0 Å². The van der Waals surface area contributed by atoms with Crippen LogP contribution in [-0.4, -0.2) is 35.2 Å². The Morgan fingerprint density at radius 2 is 1.66 bits per heavy atom. The molecule has 0 aromatic heterocycles. The molecule has 1 N–H and O–H groups in total. The van der Waals surface area contributed by atoms with E-state index in [2.05, 4.69) is 26.5 Å². The summed E-state index contributed by atoms with van der Waals surface area (Å²) in [5.74, 6) is -2.77. The van der Waals surface area contributed by atoms with Gasteiger partial charge in [0, 0.05) is 20.3 Å². The Morgan fingerprint density at radius 3 is 2.29 bits per heavy atom. The van der Waals surface area contributed by atoms with Crippen LogP contribution in [0.25, 0.3) is 0 Å². The molecule has 0 amide bonds. The maximum Gasteiger partial charge on any atom is 0.375 e. The minimum absolute atomic E-state index is 0.0506. The average Bonchev–Trinajstić information content (AvgIpc) is 3.40. The molecule has 4 atom stereocenters. The molecule has 0 aromatic rings. The van der Waals surface area contributed by atoms with Crippen LogP contribution in [0.4, 0.5) is 0 Å². The highest BCUT2D eigenvalue weighted by Crippen LogP contribution is 2.45. The third-order valence-corrected chi connectivity index (χ3v) is 6.78. The summed E-state index contributed by atoms with van der Waals surface area (Å²) in [6.45, 7) is 10.9. The molecule has 1 aliphatic heterocycles. The van der Waals surface area contributed by atoms with Gasteiger partial charge in [-0.25, -0.2) is 4.79 Å². The van der Waals surface area contributed by atoms with Crippen LogP contribution >= 0.6 is 0 Å². The molecule has 0 bridgehead atoms. The van der Waals surface area contributed by atoms with Crippen molar-refractivity contribution in [2.24, 2.45) is 11.8 Å². The zero-order valence-electron chi connectivity index (χ0n) is 21.8. The normalized spacial score (nSPS) is 23.9. The molecule has 1 unspecified atom stereocenters. The quantitative estimate of drug-likeness (QED) is 0.0724. The van der Waals surface area contributed by atoms with Gasteiger partial charge in [-0.1, -0.05) is 49.5 Å². The molecule has 35 heavy (non-hydrogen) atoms. The van der Waals surface area contributed by atoms with Gasteiger partial charge in [0.05, 0.1) is 12.2 Å². The zero-order chi connectivity index (χ0) is 26.0. The number of carbonyl (C=O) groups is 3. The first-order valence-electron chi connectivity index (χ1n) is 12.9. The Bertz CT molecular complexity index is 834. The molecule has 7 heteroatoms. The molecule has 1 heterocycles. The van der Waals surface area contributed by atoms with Crippen molar-refractivity contribution >= 4 is 17.9 Å². The number of carbonyl (C=O) groups excluding carboxylic acids is 2. The van der Waals surface area contributed by atoms with Gasteiger partial charge in [0.1, 0.15) is 0 Å². The predicted molar refractivity (Wildman–Crippen MR) is 133 cm³/mol. The van der Waals surface area contributed by atoms with Crippen molar-refractivity contribution in [2.75, 3.05) is 0 Å². The molecule has 7 nitrogen and oxygen atoms in total. The van der Waals surface area contributed by atoms with Gasteiger partial charge in [-0.2, -0.15) is 0 Å². The molecular weight excluding hydrogens is 448 g/mol. The highest BCUT2D eigenvalue weighted by Gasteiger charge is 2.45. The Hall–Kier alpha value is -2.41. The maximum atomic E-state index is 11.6. The minimum atomic E-state index is -1.46. The SMILES string of the molecule is C=C1CC[C@H](CCCCCCCC=C(C)C)[C@H]1C[C@H]1OC1CC(OC(C)=O)=C(OC(C)=O)C(=O)O. The topological polar surface area (TPSA) is 102 Å². The summed E-state index contributed by atoms with van der Waals surface area (Å²) in [6.07, 6.45) is 13.8. The van der Waals surface area contributed by atoms with Crippen molar-refractivity contribution in [1.82, 2.24) is 0 Å². The third kappa shape index (κ3) is 10.4.